The normalized spacial score (nSPS) is 19.3. The predicted octanol–water partition coefficient (Wildman–Crippen LogP) is 10.3. The standard InChI is InChI=1S/C32H31N5O3.C18H13N3O2.C14H18N2O2.ClH.H3N/c1-39-32(38)23-4-2-21(3-5-23)17-36-18-26-14-25(36)19-37(26)20-31-34-29-11-10-28(15-30(29)35-31)40-27-8-6-22(7-9-27)24-12-13-33-16-24;22-11-18-20-16-6-5-15(9-17(16)21-18)23-14-3-1-12(2-4-14)13-7-8-19-10-13;1-18-14(17)11-4-2-10(3-5-11)8-16-9-12-6-13(16)7-15-12;;/h2-13,15,25-26H,14,16-20H2,1H3,(H,34,35);1-9,11H,10H2,(H,20,21);2-5,12-13,15H,6-9H2,1H3;1H;1H3/t25-,26-;;12-,13-;;/m0.0../s1. The third-order valence-electron chi connectivity index (χ3n) is 15.8. The van der Waals surface area contributed by atoms with Gasteiger partial charge in [0.1, 0.15) is 28.8 Å². The summed E-state index contributed by atoms with van der Waals surface area (Å²) in [6.07, 6.45) is 10.9. The SMILES string of the molecule is COC(=O)c1ccc(CN2C[C@@H]3C[C@H]2CN3)cc1.COC(=O)c1ccc(CN2C[C@@H]3C[C@H]2CN3Cc2nc3ccc(Oc4ccc(C5=CC=NC5)cc4)cc3[nH]2)cc1.Cl.N.O=Cc1nc2ccc(Oc3ccc(C4=CC=NC4)cc3)cc2[nH]1. The molecule has 426 valence electrons. The van der Waals surface area contributed by atoms with Gasteiger partial charge in [-0.1, -0.05) is 48.5 Å². The highest BCUT2D eigenvalue weighted by molar-refractivity contribution is 5.91. The minimum Gasteiger partial charge on any atom is -0.465 e. The number of aromatic nitrogens is 4. The van der Waals surface area contributed by atoms with Gasteiger partial charge in [0.15, 0.2) is 12.1 Å². The average molecular weight is 1140 g/mol. The lowest BCUT2D eigenvalue weighted by Gasteiger charge is -2.33. The molecule has 0 amide bonds. The number of nitrogens with one attached hydrogen (secondary N) is 3. The van der Waals surface area contributed by atoms with Crippen molar-refractivity contribution >= 4 is 76.3 Å². The summed E-state index contributed by atoms with van der Waals surface area (Å²) in [7, 11) is 2.82. The van der Waals surface area contributed by atoms with Crippen LogP contribution in [0.1, 0.15) is 72.3 Å². The Kier molecular flexibility index (Phi) is 18.1. The molecule has 8 heterocycles. The Hall–Kier alpha value is -8.62. The number of carbonyl (C=O) groups excluding carboxylic acids is 3. The molecule has 4 atom stereocenters. The zero-order chi connectivity index (χ0) is 55.2. The van der Waals surface area contributed by atoms with Crippen LogP contribution < -0.4 is 20.9 Å². The van der Waals surface area contributed by atoms with Gasteiger partial charge in [-0.2, -0.15) is 0 Å². The van der Waals surface area contributed by atoms with Crippen molar-refractivity contribution in [1.29, 1.82) is 0 Å². The number of piperazine rings is 2. The lowest BCUT2D eigenvalue weighted by molar-refractivity contribution is 0.0592. The summed E-state index contributed by atoms with van der Waals surface area (Å²) in [4.78, 5) is 65.3. The van der Waals surface area contributed by atoms with Gasteiger partial charge in [0.25, 0.3) is 0 Å². The number of fused-ring (bicyclic) bond motifs is 6. The average Bonchev–Trinajstić information content (AvgIpc) is 3.91. The molecule has 18 nitrogen and oxygen atoms in total. The van der Waals surface area contributed by atoms with E-state index in [1.54, 1.807) is 0 Å². The molecule has 0 aliphatic carbocycles. The summed E-state index contributed by atoms with van der Waals surface area (Å²) >= 11 is 0. The first-order valence-electron chi connectivity index (χ1n) is 27.4. The molecule has 14 rings (SSSR count). The highest BCUT2D eigenvalue weighted by atomic mass is 35.5. The Balaban J connectivity index is 0.000000151. The predicted molar refractivity (Wildman–Crippen MR) is 325 cm³/mol. The molecule has 6 aromatic carbocycles. The molecular formula is C64H66ClN11O7. The molecule has 6 aliphatic rings. The zero-order valence-electron chi connectivity index (χ0n) is 46.3. The summed E-state index contributed by atoms with van der Waals surface area (Å²) < 4.78 is 21.5. The first-order valence-corrected chi connectivity index (χ1v) is 27.4. The Labute approximate surface area is 487 Å². The van der Waals surface area contributed by atoms with Crippen LogP contribution in [0.15, 0.2) is 156 Å². The van der Waals surface area contributed by atoms with Crippen molar-refractivity contribution in [3.05, 3.63) is 191 Å². The van der Waals surface area contributed by atoms with E-state index in [1.165, 1.54) is 54.9 Å². The highest BCUT2D eigenvalue weighted by Gasteiger charge is 2.43. The quantitative estimate of drug-likeness (QED) is 0.0553. The summed E-state index contributed by atoms with van der Waals surface area (Å²) in [6.45, 7) is 8.51. The maximum Gasteiger partial charge on any atom is 0.337 e. The molecular weight excluding hydrogens is 1070 g/mol. The smallest absolute Gasteiger partial charge is 0.337 e. The maximum absolute atomic E-state index is 11.7. The number of allylic oxidation sites excluding steroid dienone is 2. The van der Waals surface area contributed by atoms with E-state index in [9.17, 15) is 14.4 Å². The van der Waals surface area contributed by atoms with Gasteiger partial charge >= 0.3 is 11.9 Å². The molecule has 4 fully saturated rings. The second-order valence-corrected chi connectivity index (χ2v) is 21.1. The fourth-order valence-electron chi connectivity index (χ4n) is 11.6. The van der Waals surface area contributed by atoms with Crippen LogP contribution in [0, 0.1) is 0 Å². The molecule has 0 saturated carbocycles. The number of aliphatic imine (C=N–C) groups is 2. The van der Waals surface area contributed by atoms with Crippen molar-refractivity contribution < 1.29 is 33.3 Å². The number of imidazole rings is 2. The van der Waals surface area contributed by atoms with Crippen molar-refractivity contribution in [2.45, 2.75) is 56.6 Å². The number of aromatic amines is 2. The third-order valence-corrected chi connectivity index (χ3v) is 15.8. The number of ether oxygens (including phenoxy) is 4. The monoisotopic (exact) mass is 1140 g/mol. The van der Waals surface area contributed by atoms with Gasteiger partial charge in [-0.25, -0.2) is 19.6 Å². The molecule has 4 saturated heterocycles. The number of methoxy groups -OCH3 is 2. The highest BCUT2D eigenvalue weighted by Crippen LogP contribution is 2.34. The van der Waals surface area contributed by atoms with Gasteiger partial charge in [-0.15, -0.1) is 12.4 Å². The topological polar surface area (TPSA) is 227 Å². The van der Waals surface area contributed by atoms with E-state index < -0.39 is 0 Å². The molecule has 8 aromatic rings. The first-order chi connectivity index (χ1) is 39.7. The largest absolute Gasteiger partial charge is 0.465 e. The molecule has 4 bridgehead atoms. The van der Waals surface area contributed by atoms with Crippen LogP contribution in [0.2, 0.25) is 0 Å². The van der Waals surface area contributed by atoms with E-state index in [-0.39, 0.29) is 30.5 Å². The molecule has 0 unspecified atom stereocenters. The van der Waals surface area contributed by atoms with E-state index in [4.69, 9.17) is 23.9 Å². The van der Waals surface area contributed by atoms with Crippen LogP contribution in [0.3, 0.4) is 0 Å². The first kappa shape index (κ1) is 57.6. The van der Waals surface area contributed by atoms with Gasteiger partial charge < -0.3 is 40.4 Å². The van der Waals surface area contributed by atoms with Crippen molar-refractivity contribution in [2.24, 2.45) is 9.98 Å². The van der Waals surface area contributed by atoms with Crippen LogP contribution in [-0.2, 0) is 29.1 Å². The number of H-pyrrole nitrogens is 2. The number of rotatable bonds is 15. The van der Waals surface area contributed by atoms with Gasteiger partial charge in [-0.3, -0.25) is 29.5 Å². The fraction of sp³-hybridized carbons (Fsp3) is 0.266. The summed E-state index contributed by atoms with van der Waals surface area (Å²) in [5.41, 5.74) is 11.9. The molecule has 0 radical (unpaired) electrons. The minimum atomic E-state index is -0.296. The van der Waals surface area contributed by atoms with Crippen LogP contribution in [0.25, 0.3) is 33.2 Å². The summed E-state index contributed by atoms with van der Waals surface area (Å²) in [5, 5.41) is 3.50. The van der Waals surface area contributed by atoms with Gasteiger partial charge in [0.05, 0.1) is 67.0 Å². The van der Waals surface area contributed by atoms with Gasteiger partial charge in [-0.05, 0) is 131 Å². The number of hydrogen-bond acceptors (Lipinski definition) is 16. The van der Waals surface area contributed by atoms with E-state index >= 15 is 0 Å². The number of halogens is 1. The van der Waals surface area contributed by atoms with Crippen LogP contribution >= 0.6 is 12.4 Å². The second kappa shape index (κ2) is 26.1. The Bertz CT molecular complexity index is 3710. The zero-order valence-corrected chi connectivity index (χ0v) is 47.1. The molecule has 0 spiro atoms. The number of hydrogen-bond donors (Lipinski definition) is 4. The van der Waals surface area contributed by atoms with E-state index in [0.717, 1.165) is 110 Å². The van der Waals surface area contributed by atoms with Crippen molar-refractivity contribution in [1.82, 2.24) is 46.1 Å². The van der Waals surface area contributed by atoms with Crippen LogP contribution in [0.4, 0.5) is 0 Å². The number of carbonyl (C=O) groups is 3. The molecule has 19 heteroatoms. The second-order valence-electron chi connectivity index (χ2n) is 21.1. The molecule has 6 N–H and O–H groups in total. The minimum absolute atomic E-state index is 0. The van der Waals surface area contributed by atoms with Crippen molar-refractivity contribution in [2.75, 3.05) is 53.5 Å². The number of likely N-dealkylation sites (tertiary alicyclic amines) is 3. The lowest BCUT2D eigenvalue weighted by atomic mass is 10.1. The van der Waals surface area contributed by atoms with Gasteiger partial charge in [0, 0.05) is 88.0 Å². The van der Waals surface area contributed by atoms with E-state index in [2.05, 4.69) is 63.2 Å². The molecule has 2 aromatic heterocycles. The molecule has 83 heavy (non-hydrogen) atoms. The summed E-state index contributed by atoms with van der Waals surface area (Å²) in [5.74, 6) is 3.77. The molecule has 6 aliphatic heterocycles. The Morgan fingerprint density at radius 1 is 0.566 bits per heavy atom. The lowest BCUT2D eigenvalue weighted by Crippen LogP contribution is -2.45. The Morgan fingerprint density at radius 2 is 1.05 bits per heavy atom. The number of esters is 2. The number of aldehydes is 1. The maximum atomic E-state index is 11.7. The van der Waals surface area contributed by atoms with Gasteiger partial charge in [0.2, 0.25) is 0 Å². The number of nitrogens with zero attached hydrogens (tertiary/aromatic N) is 7. The van der Waals surface area contributed by atoms with E-state index in [0.29, 0.717) is 53.2 Å². The number of benzene rings is 6. The van der Waals surface area contributed by atoms with E-state index in [1.807, 2.05) is 140 Å². The third kappa shape index (κ3) is 13.5. The fourth-order valence-corrected chi connectivity index (χ4v) is 11.6. The van der Waals surface area contributed by atoms with Crippen molar-refractivity contribution in [3.63, 3.8) is 0 Å². The van der Waals surface area contributed by atoms with Crippen LogP contribution in [-0.4, -0.2) is 143 Å². The Morgan fingerprint density at radius 3 is 1.49 bits per heavy atom. The van der Waals surface area contributed by atoms with Crippen molar-refractivity contribution in [3.8, 4) is 23.0 Å². The summed E-state index contributed by atoms with van der Waals surface area (Å²) in [6, 6.07) is 45.5. The van der Waals surface area contributed by atoms with Crippen LogP contribution in [0.5, 0.6) is 23.0 Å².